The molecule has 2 heterocycles. The summed E-state index contributed by atoms with van der Waals surface area (Å²) in [7, 11) is 0. The molecule has 1 aliphatic heterocycles. The monoisotopic (exact) mass is 254 g/mol. The largest absolute Gasteiger partial charge is 0.454 e. The Bertz CT molecular complexity index is 697. The number of fused-ring (bicyclic) bond motifs is 2. The predicted molar refractivity (Wildman–Crippen MR) is 73.4 cm³/mol. The van der Waals surface area contributed by atoms with Crippen LogP contribution >= 0.6 is 11.3 Å². The molecule has 0 aliphatic carbocycles. The van der Waals surface area contributed by atoms with Gasteiger partial charge in [0.1, 0.15) is 0 Å². The van der Waals surface area contributed by atoms with Gasteiger partial charge in [0.25, 0.3) is 0 Å². The standard InChI is InChI=1S/C15H10O2S/c1-2-7-13-10(4-1)8-14(18-13)11-5-3-6-12-15(11)17-9-16-12/h1-8H,9H2. The minimum Gasteiger partial charge on any atom is -0.454 e. The predicted octanol–water partition coefficient (Wildman–Crippen LogP) is 4.30. The van der Waals surface area contributed by atoms with E-state index in [1.54, 1.807) is 11.3 Å². The Morgan fingerprint density at radius 1 is 0.944 bits per heavy atom. The summed E-state index contributed by atoms with van der Waals surface area (Å²) in [5.41, 5.74) is 1.12. The minimum absolute atomic E-state index is 0.317. The Balaban J connectivity index is 1.95. The lowest BCUT2D eigenvalue weighted by Crippen LogP contribution is -1.93. The molecule has 2 aromatic carbocycles. The van der Waals surface area contributed by atoms with E-state index in [1.807, 2.05) is 12.1 Å². The number of rotatable bonds is 1. The fourth-order valence-corrected chi connectivity index (χ4v) is 3.32. The van der Waals surface area contributed by atoms with E-state index in [2.05, 4.69) is 36.4 Å². The van der Waals surface area contributed by atoms with Crippen molar-refractivity contribution in [3.63, 3.8) is 0 Å². The SMILES string of the molecule is c1cc2c(c(-c3cc4ccccc4s3)c1)OCO2. The Morgan fingerprint density at radius 2 is 1.89 bits per heavy atom. The van der Waals surface area contributed by atoms with Crippen molar-refractivity contribution in [2.75, 3.05) is 6.79 Å². The summed E-state index contributed by atoms with van der Waals surface area (Å²) in [6.45, 7) is 0.317. The molecule has 0 bridgehead atoms. The highest BCUT2D eigenvalue weighted by molar-refractivity contribution is 7.22. The third-order valence-corrected chi connectivity index (χ3v) is 4.24. The Labute approximate surface area is 108 Å². The number of hydrogen-bond acceptors (Lipinski definition) is 3. The zero-order chi connectivity index (χ0) is 11.9. The van der Waals surface area contributed by atoms with Gasteiger partial charge in [-0.1, -0.05) is 24.3 Å². The normalized spacial score (nSPS) is 13.1. The highest BCUT2D eigenvalue weighted by Gasteiger charge is 2.19. The first-order chi connectivity index (χ1) is 8.92. The number of thiophene rings is 1. The molecule has 18 heavy (non-hydrogen) atoms. The highest BCUT2D eigenvalue weighted by atomic mass is 32.1. The summed E-state index contributed by atoms with van der Waals surface area (Å²) in [6.07, 6.45) is 0. The van der Waals surface area contributed by atoms with Gasteiger partial charge in [-0.25, -0.2) is 0 Å². The maximum absolute atomic E-state index is 5.56. The third kappa shape index (κ3) is 1.41. The van der Waals surface area contributed by atoms with Gasteiger partial charge in [0.15, 0.2) is 11.5 Å². The third-order valence-electron chi connectivity index (χ3n) is 3.09. The van der Waals surface area contributed by atoms with Crippen molar-refractivity contribution in [2.45, 2.75) is 0 Å². The number of benzene rings is 2. The van der Waals surface area contributed by atoms with Crippen molar-refractivity contribution in [2.24, 2.45) is 0 Å². The lowest BCUT2D eigenvalue weighted by atomic mass is 10.1. The second-order valence-electron chi connectivity index (χ2n) is 4.19. The zero-order valence-electron chi connectivity index (χ0n) is 9.55. The van der Waals surface area contributed by atoms with Gasteiger partial charge in [0.2, 0.25) is 6.79 Å². The van der Waals surface area contributed by atoms with Gasteiger partial charge < -0.3 is 9.47 Å². The van der Waals surface area contributed by atoms with Gasteiger partial charge in [-0.3, -0.25) is 0 Å². The average Bonchev–Trinajstić information content (AvgIpc) is 3.04. The molecule has 1 aromatic heterocycles. The molecule has 0 atom stereocenters. The molecule has 0 saturated carbocycles. The molecular weight excluding hydrogens is 244 g/mol. The molecule has 0 unspecified atom stereocenters. The van der Waals surface area contributed by atoms with Crippen LogP contribution in [-0.4, -0.2) is 6.79 Å². The van der Waals surface area contributed by atoms with Crippen LogP contribution in [0.15, 0.2) is 48.5 Å². The molecule has 0 spiro atoms. The Hall–Kier alpha value is -2.00. The van der Waals surface area contributed by atoms with E-state index in [0.717, 1.165) is 17.1 Å². The van der Waals surface area contributed by atoms with Crippen LogP contribution in [0.3, 0.4) is 0 Å². The first-order valence-electron chi connectivity index (χ1n) is 5.79. The van der Waals surface area contributed by atoms with E-state index in [0.29, 0.717) is 6.79 Å². The fraction of sp³-hybridized carbons (Fsp3) is 0.0667. The van der Waals surface area contributed by atoms with Gasteiger partial charge >= 0.3 is 0 Å². The number of hydrogen-bond donors (Lipinski definition) is 0. The van der Waals surface area contributed by atoms with E-state index in [-0.39, 0.29) is 0 Å². The van der Waals surface area contributed by atoms with Crippen molar-refractivity contribution in [1.29, 1.82) is 0 Å². The maximum Gasteiger partial charge on any atom is 0.231 e. The van der Waals surface area contributed by atoms with Crippen LogP contribution in [0.5, 0.6) is 11.5 Å². The fourth-order valence-electron chi connectivity index (χ4n) is 2.24. The minimum atomic E-state index is 0.317. The van der Waals surface area contributed by atoms with Crippen LogP contribution in [-0.2, 0) is 0 Å². The molecule has 3 heteroatoms. The topological polar surface area (TPSA) is 18.5 Å². The van der Waals surface area contributed by atoms with E-state index in [4.69, 9.17) is 9.47 Å². The molecule has 1 aliphatic rings. The summed E-state index contributed by atoms with van der Waals surface area (Å²) < 4.78 is 12.3. The van der Waals surface area contributed by atoms with Gasteiger partial charge in [-0.05, 0) is 29.7 Å². The molecule has 0 fully saturated rings. The Kier molecular flexibility index (Phi) is 2.08. The van der Waals surface area contributed by atoms with Gasteiger partial charge in [0.05, 0.1) is 0 Å². The highest BCUT2D eigenvalue weighted by Crippen LogP contribution is 2.44. The van der Waals surface area contributed by atoms with Crippen LogP contribution < -0.4 is 9.47 Å². The van der Waals surface area contributed by atoms with E-state index in [1.165, 1.54) is 15.0 Å². The Morgan fingerprint density at radius 3 is 2.83 bits per heavy atom. The molecule has 4 rings (SSSR count). The van der Waals surface area contributed by atoms with Gasteiger partial charge in [-0.15, -0.1) is 11.3 Å². The number of ether oxygens (including phenoxy) is 2. The van der Waals surface area contributed by atoms with Crippen molar-refractivity contribution in [3.8, 4) is 21.9 Å². The second-order valence-corrected chi connectivity index (χ2v) is 5.27. The summed E-state index contributed by atoms with van der Waals surface area (Å²) in [5, 5.41) is 1.27. The first kappa shape index (κ1) is 9.97. The van der Waals surface area contributed by atoms with E-state index >= 15 is 0 Å². The molecule has 88 valence electrons. The number of para-hydroxylation sites is 1. The van der Waals surface area contributed by atoms with E-state index < -0.39 is 0 Å². The lowest BCUT2D eigenvalue weighted by molar-refractivity contribution is 0.174. The maximum atomic E-state index is 5.56. The van der Waals surface area contributed by atoms with Gasteiger partial charge in [0, 0.05) is 15.1 Å². The van der Waals surface area contributed by atoms with Crippen LogP contribution in [0, 0.1) is 0 Å². The van der Waals surface area contributed by atoms with Crippen molar-refractivity contribution in [1.82, 2.24) is 0 Å². The van der Waals surface area contributed by atoms with Crippen LogP contribution in [0.4, 0.5) is 0 Å². The second kappa shape index (κ2) is 3.75. The summed E-state index contributed by atoms with van der Waals surface area (Å²) >= 11 is 1.78. The molecule has 2 nitrogen and oxygen atoms in total. The lowest BCUT2D eigenvalue weighted by Gasteiger charge is -2.02. The zero-order valence-corrected chi connectivity index (χ0v) is 10.4. The van der Waals surface area contributed by atoms with Crippen LogP contribution in [0.25, 0.3) is 20.5 Å². The van der Waals surface area contributed by atoms with Crippen LogP contribution in [0.2, 0.25) is 0 Å². The van der Waals surface area contributed by atoms with Crippen molar-refractivity contribution in [3.05, 3.63) is 48.5 Å². The van der Waals surface area contributed by atoms with Crippen molar-refractivity contribution < 1.29 is 9.47 Å². The molecule has 0 N–H and O–H groups in total. The first-order valence-corrected chi connectivity index (χ1v) is 6.61. The molecule has 0 saturated heterocycles. The quantitative estimate of drug-likeness (QED) is 0.644. The summed E-state index contributed by atoms with van der Waals surface area (Å²) in [4.78, 5) is 1.22. The average molecular weight is 254 g/mol. The van der Waals surface area contributed by atoms with Gasteiger partial charge in [-0.2, -0.15) is 0 Å². The van der Waals surface area contributed by atoms with Crippen LogP contribution in [0.1, 0.15) is 0 Å². The van der Waals surface area contributed by atoms with E-state index in [9.17, 15) is 0 Å². The molecule has 0 amide bonds. The molecule has 0 radical (unpaired) electrons. The molecule has 3 aromatic rings. The summed E-state index contributed by atoms with van der Waals surface area (Å²) in [5.74, 6) is 1.70. The van der Waals surface area contributed by atoms with Crippen molar-refractivity contribution >= 4 is 21.4 Å². The molecular formula is C15H10O2S. The summed E-state index contributed by atoms with van der Waals surface area (Å²) in [6, 6.07) is 16.6. The smallest absolute Gasteiger partial charge is 0.231 e.